The third-order valence-corrected chi connectivity index (χ3v) is 3.83. The van der Waals surface area contributed by atoms with Gasteiger partial charge in [-0.15, -0.1) is 10.2 Å². The van der Waals surface area contributed by atoms with E-state index in [0.717, 1.165) is 0 Å². The van der Waals surface area contributed by atoms with Gasteiger partial charge < -0.3 is 5.73 Å². The number of benzene rings is 1. The van der Waals surface area contributed by atoms with Crippen LogP contribution in [0.15, 0.2) is 29.2 Å². The quantitative estimate of drug-likeness (QED) is 0.660. The van der Waals surface area contributed by atoms with E-state index in [-0.39, 0.29) is 10.7 Å². The number of nitrogens with two attached hydrogens (primary N) is 1. The molecular weight excluding hydrogens is 256 g/mol. The molecule has 0 radical (unpaired) electrons. The number of aromatic nitrogens is 4. The van der Waals surface area contributed by atoms with Gasteiger partial charge in [0.1, 0.15) is 0 Å². The number of nitrogens with one attached hydrogen (secondary N) is 2. The van der Waals surface area contributed by atoms with E-state index in [1.54, 1.807) is 6.92 Å². The molecule has 1 heterocycles. The molecule has 96 valence electrons. The lowest BCUT2D eigenvalue weighted by atomic mass is 10.3. The van der Waals surface area contributed by atoms with Gasteiger partial charge in [-0.2, -0.15) is 5.21 Å². The van der Waals surface area contributed by atoms with Crippen molar-refractivity contribution in [2.24, 2.45) is 0 Å². The van der Waals surface area contributed by atoms with E-state index >= 15 is 0 Å². The molecule has 1 atom stereocenters. The summed E-state index contributed by atoms with van der Waals surface area (Å²) in [7, 11) is -3.63. The predicted octanol–water partition coefficient (Wildman–Crippen LogP) is -0.179. The van der Waals surface area contributed by atoms with E-state index in [0.29, 0.717) is 5.69 Å². The van der Waals surface area contributed by atoms with Crippen LogP contribution in [0.25, 0.3) is 0 Å². The van der Waals surface area contributed by atoms with Crippen LogP contribution >= 0.6 is 0 Å². The van der Waals surface area contributed by atoms with Crippen LogP contribution in [0.5, 0.6) is 0 Å². The largest absolute Gasteiger partial charge is 0.399 e. The van der Waals surface area contributed by atoms with Gasteiger partial charge >= 0.3 is 0 Å². The highest BCUT2D eigenvalue weighted by Crippen LogP contribution is 2.14. The van der Waals surface area contributed by atoms with Crippen molar-refractivity contribution in [2.45, 2.75) is 17.9 Å². The first kappa shape index (κ1) is 12.5. The molecule has 0 saturated carbocycles. The van der Waals surface area contributed by atoms with Gasteiger partial charge in [0.2, 0.25) is 10.0 Å². The van der Waals surface area contributed by atoms with Gasteiger partial charge in [0.05, 0.1) is 10.9 Å². The second-order valence-electron chi connectivity index (χ2n) is 3.68. The first-order valence-corrected chi connectivity index (χ1v) is 6.58. The van der Waals surface area contributed by atoms with Gasteiger partial charge in [0.15, 0.2) is 5.82 Å². The highest BCUT2D eigenvalue weighted by molar-refractivity contribution is 7.89. The summed E-state index contributed by atoms with van der Waals surface area (Å²) in [6, 6.07) is 5.33. The average Bonchev–Trinajstić information content (AvgIpc) is 2.82. The minimum absolute atomic E-state index is 0.132. The Bertz CT molecular complexity index is 607. The molecule has 0 saturated heterocycles. The van der Waals surface area contributed by atoms with Crippen LogP contribution < -0.4 is 10.5 Å². The van der Waals surface area contributed by atoms with Crippen molar-refractivity contribution in [3.63, 3.8) is 0 Å². The Morgan fingerprint density at radius 3 is 2.56 bits per heavy atom. The third kappa shape index (κ3) is 2.63. The molecule has 2 aromatic rings. The highest BCUT2D eigenvalue weighted by atomic mass is 32.2. The number of sulfonamides is 1. The fourth-order valence-corrected chi connectivity index (χ4v) is 2.55. The van der Waals surface area contributed by atoms with Crippen LogP contribution in [0.4, 0.5) is 5.69 Å². The summed E-state index contributed by atoms with van der Waals surface area (Å²) in [6.45, 7) is 1.62. The monoisotopic (exact) mass is 268 g/mol. The molecule has 9 heteroatoms. The van der Waals surface area contributed by atoms with Crippen molar-refractivity contribution in [1.82, 2.24) is 25.3 Å². The van der Waals surface area contributed by atoms with Crippen LogP contribution in [0, 0.1) is 0 Å². The van der Waals surface area contributed by atoms with Crippen LogP contribution in [0.3, 0.4) is 0 Å². The van der Waals surface area contributed by atoms with Gasteiger partial charge in [-0.1, -0.05) is 5.21 Å². The van der Waals surface area contributed by atoms with E-state index in [2.05, 4.69) is 25.3 Å². The lowest BCUT2D eigenvalue weighted by Crippen LogP contribution is -2.27. The first-order valence-electron chi connectivity index (χ1n) is 5.10. The number of tetrazole rings is 1. The summed E-state index contributed by atoms with van der Waals surface area (Å²) in [5, 5.41) is 13.1. The standard InChI is InChI=1S/C9H12N6O2S/c1-6(9-11-14-15-12-9)13-18(16,17)8-4-2-7(10)3-5-8/h2-6,13H,10H2,1H3,(H,11,12,14,15). The summed E-state index contributed by atoms with van der Waals surface area (Å²) >= 11 is 0. The van der Waals surface area contributed by atoms with Crippen molar-refractivity contribution in [3.05, 3.63) is 30.1 Å². The number of aromatic amines is 1. The third-order valence-electron chi connectivity index (χ3n) is 2.27. The van der Waals surface area contributed by atoms with Crippen LogP contribution in [-0.2, 0) is 10.0 Å². The maximum absolute atomic E-state index is 12.0. The summed E-state index contributed by atoms with van der Waals surface area (Å²) in [4.78, 5) is 0.132. The Kier molecular flexibility index (Phi) is 3.26. The van der Waals surface area contributed by atoms with Gasteiger partial charge in [-0.3, -0.25) is 0 Å². The number of H-pyrrole nitrogens is 1. The Balaban J connectivity index is 2.20. The van der Waals surface area contributed by atoms with E-state index < -0.39 is 16.1 Å². The molecule has 4 N–H and O–H groups in total. The number of nitrogens with zero attached hydrogens (tertiary/aromatic N) is 3. The van der Waals surface area contributed by atoms with Gasteiger partial charge in [0.25, 0.3) is 0 Å². The molecule has 1 aromatic carbocycles. The van der Waals surface area contributed by atoms with Crippen molar-refractivity contribution in [3.8, 4) is 0 Å². The van der Waals surface area contributed by atoms with Gasteiger partial charge in [-0.05, 0) is 31.2 Å². The van der Waals surface area contributed by atoms with Crippen LogP contribution in [-0.4, -0.2) is 29.0 Å². The molecule has 1 unspecified atom stereocenters. The lowest BCUT2D eigenvalue weighted by Gasteiger charge is -2.10. The van der Waals surface area contributed by atoms with Crippen molar-refractivity contribution in [1.29, 1.82) is 0 Å². The second kappa shape index (κ2) is 4.70. The van der Waals surface area contributed by atoms with Crippen LogP contribution in [0.1, 0.15) is 18.8 Å². The number of hydrogen-bond donors (Lipinski definition) is 3. The molecule has 8 nitrogen and oxygen atoms in total. The molecule has 0 aliphatic carbocycles. The Hall–Kier alpha value is -2.00. The lowest BCUT2D eigenvalue weighted by molar-refractivity contribution is 0.560. The number of hydrogen-bond acceptors (Lipinski definition) is 6. The summed E-state index contributed by atoms with van der Waals surface area (Å²) < 4.78 is 26.5. The topological polar surface area (TPSA) is 127 Å². The average molecular weight is 268 g/mol. The van der Waals surface area contributed by atoms with E-state index in [1.807, 2.05) is 0 Å². The van der Waals surface area contributed by atoms with E-state index in [9.17, 15) is 8.42 Å². The molecule has 0 bridgehead atoms. The molecule has 1 aromatic heterocycles. The fraction of sp³-hybridized carbons (Fsp3) is 0.222. The minimum Gasteiger partial charge on any atom is -0.399 e. The summed E-state index contributed by atoms with van der Waals surface area (Å²) in [6.07, 6.45) is 0. The predicted molar refractivity (Wildman–Crippen MR) is 63.8 cm³/mol. The smallest absolute Gasteiger partial charge is 0.241 e. The Morgan fingerprint density at radius 2 is 2.00 bits per heavy atom. The zero-order valence-electron chi connectivity index (χ0n) is 9.53. The maximum atomic E-state index is 12.0. The maximum Gasteiger partial charge on any atom is 0.241 e. The normalized spacial score (nSPS) is 13.4. The van der Waals surface area contributed by atoms with Crippen molar-refractivity contribution in [2.75, 3.05) is 5.73 Å². The second-order valence-corrected chi connectivity index (χ2v) is 5.40. The molecule has 18 heavy (non-hydrogen) atoms. The molecular formula is C9H12N6O2S. The van der Waals surface area contributed by atoms with Gasteiger partial charge in [0, 0.05) is 5.69 Å². The summed E-state index contributed by atoms with van der Waals surface area (Å²) in [5.74, 6) is 0.272. The molecule has 0 amide bonds. The Morgan fingerprint density at radius 1 is 1.33 bits per heavy atom. The minimum atomic E-state index is -3.63. The number of anilines is 1. The number of rotatable bonds is 4. The molecule has 2 rings (SSSR count). The zero-order chi connectivity index (χ0) is 13.2. The highest BCUT2D eigenvalue weighted by Gasteiger charge is 2.20. The SMILES string of the molecule is CC(NS(=O)(=O)c1ccc(N)cc1)c1nn[nH]n1. The van der Waals surface area contributed by atoms with E-state index in [4.69, 9.17) is 5.73 Å². The first-order chi connectivity index (χ1) is 8.49. The summed E-state index contributed by atoms with van der Waals surface area (Å²) in [5.41, 5.74) is 6.00. The molecule has 0 fully saturated rings. The molecule has 0 spiro atoms. The zero-order valence-corrected chi connectivity index (χ0v) is 10.3. The van der Waals surface area contributed by atoms with Crippen LogP contribution in [0.2, 0.25) is 0 Å². The molecule has 0 aliphatic rings. The van der Waals surface area contributed by atoms with Gasteiger partial charge in [-0.25, -0.2) is 13.1 Å². The Labute approximate surface area is 104 Å². The fourth-order valence-electron chi connectivity index (χ4n) is 1.35. The van der Waals surface area contributed by atoms with Crippen molar-refractivity contribution < 1.29 is 8.42 Å². The van der Waals surface area contributed by atoms with E-state index in [1.165, 1.54) is 24.3 Å². The molecule has 0 aliphatic heterocycles. The van der Waals surface area contributed by atoms with Crippen molar-refractivity contribution >= 4 is 15.7 Å². The number of nitrogen functional groups attached to an aromatic ring is 1.